The fourth-order valence-corrected chi connectivity index (χ4v) is 3.63. The molecule has 0 unspecified atom stereocenters. The third-order valence-corrected chi connectivity index (χ3v) is 5.11. The van der Waals surface area contributed by atoms with Gasteiger partial charge in [0, 0.05) is 32.1 Å². The molecule has 0 aromatic carbocycles. The van der Waals surface area contributed by atoms with Crippen LogP contribution in [0.1, 0.15) is 30.8 Å². The fraction of sp³-hybridized carbons (Fsp3) is 0.692. The van der Waals surface area contributed by atoms with Gasteiger partial charge in [0.1, 0.15) is 5.82 Å². The Hall–Kier alpha value is -1.60. The van der Waals surface area contributed by atoms with Crippen molar-refractivity contribution in [2.45, 2.75) is 38.4 Å². The number of fused-ring (bicyclic) bond motifs is 1. The Kier molecular flexibility index (Phi) is 5.31. The first kappa shape index (κ1) is 17.7. The van der Waals surface area contributed by atoms with Gasteiger partial charge in [0.05, 0.1) is 11.8 Å². The van der Waals surface area contributed by atoms with Gasteiger partial charge in [-0.25, -0.2) is 18.1 Å². The average molecular weight is 350 g/mol. The molecule has 0 fully saturated rings. The van der Waals surface area contributed by atoms with Crippen molar-refractivity contribution in [2.24, 2.45) is 5.92 Å². The van der Waals surface area contributed by atoms with E-state index in [1.54, 1.807) is 0 Å². The van der Waals surface area contributed by atoms with Gasteiger partial charge in [0.25, 0.3) is 0 Å². The average Bonchev–Trinajstić information content (AvgIpc) is 2.88. The Morgan fingerprint density at radius 3 is 2.87 bits per heavy atom. The molecular weight excluding hydrogens is 333 g/mol. The molecule has 0 spiro atoms. The zero-order valence-corrected chi connectivity index (χ0v) is 13.1. The number of sulfonamides is 1. The summed E-state index contributed by atoms with van der Waals surface area (Å²) in [6.07, 6.45) is -2.10. The van der Waals surface area contributed by atoms with Crippen molar-refractivity contribution in [3.8, 4) is 6.07 Å². The number of halogens is 3. The monoisotopic (exact) mass is 350 g/mol. The lowest BCUT2D eigenvalue weighted by Crippen LogP contribution is -2.34. The van der Waals surface area contributed by atoms with E-state index in [9.17, 15) is 21.6 Å². The van der Waals surface area contributed by atoms with E-state index in [-0.39, 0.29) is 31.1 Å². The van der Waals surface area contributed by atoms with Crippen LogP contribution in [0.4, 0.5) is 13.2 Å². The smallest absolute Gasteiger partial charge is 0.334 e. The number of hydrogen-bond donors (Lipinski definition) is 1. The molecule has 0 radical (unpaired) electrons. The van der Waals surface area contributed by atoms with Crippen molar-refractivity contribution in [2.75, 3.05) is 12.3 Å². The molecule has 1 N–H and O–H groups in total. The number of rotatable bonds is 6. The topological polar surface area (TPSA) is 87.8 Å². The maximum atomic E-state index is 12.6. The van der Waals surface area contributed by atoms with Gasteiger partial charge < -0.3 is 4.57 Å². The van der Waals surface area contributed by atoms with Crippen LogP contribution in [0.5, 0.6) is 0 Å². The summed E-state index contributed by atoms with van der Waals surface area (Å²) >= 11 is 0. The molecule has 0 saturated heterocycles. The first-order valence-electron chi connectivity index (χ1n) is 7.19. The molecule has 128 valence electrons. The minimum atomic E-state index is -4.47. The zero-order valence-electron chi connectivity index (χ0n) is 12.3. The Morgan fingerprint density at radius 2 is 2.22 bits per heavy atom. The number of alkyl halides is 3. The second kappa shape index (κ2) is 6.88. The number of nitriles is 1. The van der Waals surface area contributed by atoms with Crippen molar-refractivity contribution in [1.82, 2.24) is 14.3 Å². The molecule has 6 nitrogen and oxygen atoms in total. The second-order valence-electron chi connectivity index (χ2n) is 5.53. The molecule has 1 aliphatic heterocycles. The summed E-state index contributed by atoms with van der Waals surface area (Å²) in [4.78, 5) is 3.58. The largest absolute Gasteiger partial charge is 0.434 e. The maximum Gasteiger partial charge on any atom is 0.434 e. The van der Waals surface area contributed by atoms with E-state index in [0.717, 1.165) is 6.20 Å². The van der Waals surface area contributed by atoms with Crippen LogP contribution < -0.4 is 4.72 Å². The predicted octanol–water partition coefficient (Wildman–Crippen LogP) is 1.69. The molecule has 1 aromatic rings. The van der Waals surface area contributed by atoms with Crippen LogP contribution in [0.2, 0.25) is 0 Å². The summed E-state index contributed by atoms with van der Waals surface area (Å²) in [7, 11) is -3.45. The van der Waals surface area contributed by atoms with Crippen LogP contribution in [0.15, 0.2) is 6.20 Å². The summed E-state index contributed by atoms with van der Waals surface area (Å²) in [6, 6.07) is 1.88. The number of hydrogen-bond acceptors (Lipinski definition) is 4. The zero-order chi connectivity index (χ0) is 17.1. The minimum absolute atomic E-state index is 0.0801. The van der Waals surface area contributed by atoms with E-state index in [1.165, 1.54) is 4.57 Å². The second-order valence-corrected chi connectivity index (χ2v) is 7.45. The molecule has 10 heteroatoms. The Labute approximate surface area is 132 Å². The first-order chi connectivity index (χ1) is 10.7. The fourth-order valence-electron chi connectivity index (χ4n) is 2.48. The quantitative estimate of drug-likeness (QED) is 0.791. The Morgan fingerprint density at radius 1 is 1.48 bits per heavy atom. The van der Waals surface area contributed by atoms with Crippen LogP contribution in [0.25, 0.3) is 0 Å². The van der Waals surface area contributed by atoms with Crippen molar-refractivity contribution >= 4 is 10.0 Å². The van der Waals surface area contributed by atoms with Gasteiger partial charge in [-0.15, -0.1) is 0 Å². The van der Waals surface area contributed by atoms with Gasteiger partial charge in [-0.3, -0.25) is 0 Å². The number of imidazole rings is 1. The lowest BCUT2D eigenvalue weighted by Gasteiger charge is -2.23. The molecule has 0 aliphatic carbocycles. The standard InChI is InChI=1S/C13H17F3N4O2S/c14-13(15,16)11-9-20-8-10(3-4-12(20)19-11)7-18-23(21,22)6-2-1-5-17/h9-10,18H,1-4,6-8H2/t10-/m0/s1. The van der Waals surface area contributed by atoms with Crippen molar-refractivity contribution in [1.29, 1.82) is 5.26 Å². The van der Waals surface area contributed by atoms with E-state index >= 15 is 0 Å². The van der Waals surface area contributed by atoms with Crippen LogP contribution in [-0.4, -0.2) is 30.3 Å². The van der Waals surface area contributed by atoms with E-state index < -0.39 is 21.9 Å². The van der Waals surface area contributed by atoms with Crippen molar-refractivity contribution in [3.05, 3.63) is 17.7 Å². The molecule has 0 bridgehead atoms. The lowest BCUT2D eigenvalue weighted by molar-refractivity contribution is -0.141. The Balaban J connectivity index is 1.90. The molecule has 2 rings (SSSR count). The van der Waals surface area contributed by atoms with Gasteiger partial charge >= 0.3 is 6.18 Å². The van der Waals surface area contributed by atoms with Crippen molar-refractivity contribution in [3.63, 3.8) is 0 Å². The molecule has 23 heavy (non-hydrogen) atoms. The third kappa shape index (κ3) is 4.94. The molecule has 0 amide bonds. The highest BCUT2D eigenvalue weighted by atomic mass is 32.2. The van der Waals surface area contributed by atoms with Crippen LogP contribution in [0, 0.1) is 17.2 Å². The van der Waals surface area contributed by atoms with E-state index in [2.05, 4.69) is 9.71 Å². The molecule has 0 saturated carbocycles. The number of nitrogens with zero attached hydrogens (tertiary/aromatic N) is 3. The summed E-state index contributed by atoms with van der Waals surface area (Å²) in [5.41, 5.74) is -0.912. The van der Waals surface area contributed by atoms with Gasteiger partial charge in [-0.2, -0.15) is 18.4 Å². The van der Waals surface area contributed by atoms with E-state index in [1.807, 2.05) is 6.07 Å². The lowest BCUT2D eigenvalue weighted by atomic mass is 10.00. The van der Waals surface area contributed by atoms with Crippen LogP contribution >= 0.6 is 0 Å². The molecular formula is C13H17F3N4O2S. The summed E-state index contributed by atoms with van der Waals surface area (Å²) < 4.78 is 65.3. The first-order valence-corrected chi connectivity index (χ1v) is 8.84. The Bertz CT molecular complexity index is 691. The SMILES string of the molecule is N#CCCCS(=O)(=O)NC[C@@H]1CCc2nc(C(F)(F)F)cn2C1. The maximum absolute atomic E-state index is 12.6. The highest BCUT2D eigenvalue weighted by Gasteiger charge is 2.35. The molecule has 1 atom stereocenters. The molecule has 2 heterocycles. The van der Waals surface area contributed by atoms with E-state index in [4.69, 9.17) is 5.26 Å². The summed E-state index contributed by atoms with van der Waals surface area (Å²) in [5, 5.41) is 8.40. The van der Waals surface area contributed by atoms with Crippen molar-refractivity contribution < 1.29 is 21.6 Å². The molecule has 1 aliphatic rings. The summed E-state index contributed by atoms with van der Waals surface area (Å²) in [5.74, 6) is 0.177. The number of nitrogens with one attached hydrogen (secondary N) is 1. The van der Waals surface area contributed by atoms with E-state index in [0.29, 0.717) is 25.2 Å². The number of unbranched alkanes of at least 4 members (excludes halogenated alkanes) is 1. The van der Waals surface area contributed by atoms with Gasteiger partial charge in [-0.05, 0) is 18.8 Å². The molecule has 1 aromatic heterocycles. The normalized spacial score (nSPS) is 18.4. The van der Waals surface area contributed by atoms with Crippen LogP contribution in [0.3, 0.4) is 0 Å². The van der Waals surface area contributed by atoms with Crippen LogP contribution in [-0.2, 0) is 29.2 Å². The highest BCUT2D eigenvalue weighted by molar-refractivity contribution is 7.89. The van der Waals surface area contributed by atoms with Gasteiger partial charge in [0.2, 0.25) is 10.0 Å². The summed E-state index contributed by atoms with van der Waals surface area (Å²) in [6.45, 7) is 0.479. The minimum Gasteiger partial charge on any atom is -0.334 e. The highest BCUT2D eigenvalue weighted by Crippen LogP contribution is 2.30. The number of aromatic nitrogens is 2. The van der Waals surface area contributed by atoms with Gasteiger partial charge in [0.15, 0.2) is 5.69 Å². The third-order valence-electron chi connectivity index (χ3n) is 3.67. The number of aryl methyl sites for hydroxylation is 1. The van der Waals surface area contributed by atoms with Gasteiger partial charge in [-0.1, -0.05) is 0 Å². The predicted molar refractivity (Wildman–Crippen MR) is 75.7 cm³/mol.